The predicted octanol–water partition coefficient (Wildman–Crippen LogP) is 3.28. The van der Waals surface area contributed by atoms with E-state index < -0.39 is 5.97 Å². The summed E-state index contributed by atoms with van der Waals surface area (Å²) < 4.78 is 5.53. The first-order chi connectivity index (χ1) is 9.47. The van der Waals surface area contributed by atoms with E-state index in [4.69, 9.17) is 21.4 Å². The van der Waals surface area contributed by atoms with Crippen molar-refractivity contribution in [1.29, 1.82) is 0 Å². The zero-order valence-electron chi connectivity index (χ0n) is 11.0. The minimum Gasteiger partial charge on any atom is -0.491 e. The number of carbonyl (C=O) groups is 1. The summed E-state index contributed by atoms with van der Waals surface area (Å²) in [5.74, 6) is -0.141. The standard InChI is InChI=1S/C14H13ClN2O3/c1-8(2)20-10-5-3-9(4-6-10)13-16-7-11(15)12(17-13)14(18)19/h3-8H,1-2H3,(H,18,19). The summed E-state index contributed by atoms with van der Waals surface area (Å²) in [5, 5.41) is 9.00. The van der Waals surface area contributed by atoms with Gasteiger partial charge in [-0.1, -0.05) is 11.6 Å². The zero-order valence-corrected chi connectivity index (χ0v) is 11.8. The van der Waals surface area contributed by atoms with E-state index in [2.05, 4.69) is 9.97 Å². The molecule has 0 aliphatic carbocycles. The molecule has 1 aromatic heterocycles. The van der Waals surface area contributed by atoms with Gasteiger partial charge < -0.3 is 9.84 Å². The van der Waals surface area contributed by atoms with Crippen molar-refractivity contribution in [3.8, 4) is 17.1 Å². The molecule has 0 radical (unpaired) electrons. The molecule has 104 valence electrons. The normalized spacial score (nSPS) is 10.6. The van der Waals surface area contributed by atoms with Gasteiger partial charge in [0.25, 0.3) is 0 Å². The van der Waals surface area contributed by atoms with Crippen LogP contribution in [0.3, 0.4) is 0 Å². The molecule has 0 spiro atoms. The van der Waals surface area contributed by atoms with Crippen molar-refractivity contribution in [3.63, 3.8) is 0 Å². The first-order valence-corrected chi connectivity index (χ1v) is 6.38. The van der Waals surface area contributed by atoms with E-state index in [0.29, 0.717) is 11.4 Å². The van der Waals surface area contributed by atoms with Crippen molar-refractivity contribution in [1.82, 2.24) is 9.97 Å². The lowest BCUT2D eigenvalue weighted by Gasteiger charge is -2.10. The fraction of sp³-hybridized carbons (Fsp3) is 0.214. The number of aromatic carboxylic acids is 1. The lowest BCUT2D eigenvalue weighted by Crippen LogP contribution is -2.05. The Bertz CT molecular complexity index is 627. The van der Waals surface area contributed by atoms with Crippen LogP contribution in [0.4, 0.5) is 0 Å². The lowest BCUT2D eigenvalue weighted by atomic mass is 10.2. The molecule has 5 nitrogen and oxygen atoms in total. The Morgan fingerprint density at radius 2 is 1.95 bits per heavy atom. The van der Waals surface area contributed by atoms with Crippen LogP contribution in [0.15, 0.2) is 30.5 Å². The Hall–Kier alpha value is -2.14. The van der Waals surface area contributed by atoms with Gasteiger partial charge in [0.05, 0.1) is 17.3 Å². The quantitative estimate of drug-likeness (QED) is 0.936. The molecule has 0 atom stereocenters. The van der Waals surface area contributed by atoms with Gasteiger partial charge in [-0.05, 0) is 38.1 Å². The molecule has 20 heavy (non-hydrogen) atoms. The van der Waals surface area contributed by atoms with E-state index >= 15 is 0 Å². The van der Waals surface area contributed by atoms with Crippen LogP contribution in [0.2, 0.25) is 5.02 Å². The number of benzene rings is 1. The summed E-state index contributed by atoms with van der Waals surface area (Å²) >= 11 is 5.74. The highest BCUT2D eigenvalue weighted by molar-refractivity contribution is 6.33. The van der Waals surface area contributed by atoms with Gasteiger partial charge in [-0.15, -0.1) is 0 Å². The molecule has 2 rings (SSSR count). The summed E-state index contributed by atoms with van der Waals surface area (Å²) in [7, 11) is 0. The average Bonchev–Trinajstić information content (AvgIpc) is 2.39. The topological polar surface area (TPSA) is 72.3 Å². The van der Waals surface area contributed by atoms with E-state index in [1.165, 1.54) is 6.20 Å². The van der Waals surface area contributed by atoms with Crippen LogP contribution < -0.4 is 4.74 Å². The Labute approximate surface area is 121 Å². The van der Waals surface area contributed by atoms with Crippen molar-refractivity contribution in [3.05, 3.63) is 41.2 Å². The number of aromatic nitrogens is 2. The van der Waals surface area contributed by atoms with Gasteiger partial charge >= 0.3 is 5.97 Å². The van der Waals surface area contributed by atoms with Gasteiger partial charge in [-0.25, -0.2) is 14.8 Å². The van der Waals surface area contributed by atoms with E-state index in [1.807, 2.05) is 13.8 Å². The van der Waals surface area contributed by atoms with Gasteiger partial charge in [-0.2, -0.15) is 0 Å². The van der Waals surface area contributed by atoms with E-state index in [-0.39, 0.29) is 16.8 Å². The maximum atomic E-state index is 11.0. The molecule has 0 saturated carbocycles. The zero-order chi connectivity index (χ0) is 14.7. The van der Waals surface area contributed by atoms with Crippen LogP contribution in [0, 0.1) is 0 Å². The maximum absolute atomic E-state index is 11.0. The molecule has 0 bridgehead atoms. The molecule has 2 aromatic rings. The summed E-state index contributed by atoms with van der Waals surface area (Å²) in [4.78, 5) is 19.0. The molecule has 1 aromatic carbocycles. The van der Waals surface area contributed by atoms with Crippen molar-refractivity contribution in [2.24, 2.45) is 0 Å². The number of carboxylic acid groups (broad SMARTS) is 1. The third kappa shape index (κ3) is 3.24. The number of halogens is 1. The monoisotopic (exact) mass is 292 g/mol. The first-order valence-electron chi connectivity index (χ1n) is 6.00. The number of ether oxygens (including phenoxy) is 1. The third-order valence-corrected chi connectivity index (χ3v) is 2.71. The molecule has 1 N–H and O–H groups in total. The highest BCUT2D eigenvalue weighted by Crippen LogP contribution is 2.22. The minimum absolute atomic E-state index is 0.0148. The fourth-order valence-electron chi connectivity index (χ4n) is 1.61. The molecule has 0 fully saturated rings. The first kappa shape index (κ1) is 14.3. The van der Waals surface area contributed by atoms with Crippen molar-refractivity contribution in [2.45, 2.75) is 20.0 Å². The van der Waals surface area contributed by atoms with Crippen LogP contribution in [-0.2, 0) is 0 Å². The second-order valence-electron chi connectivity index (χ2n) is 4.39. The molecule has 0 aliphatic heterocycles. The molecule has 1 heterocycles. The van der Waals surface area contributed by atoms with Crippen LogP contribution in [0.1, 0.15) is 24.3 Å². The third-order valence-electron chi connectivity index (χ3n) is 2.43. The van der Waals surface area contributed by atoms with Crippen LogP contribution >= 0.6 is 11.6 Å². The van der Waals surface area contributed by atoms with Crippen LogP contribution in [-0.4, -0.2) is 27.1 Å². The van der Waals surface area contributed by atoms with Crippen LogP contribution in [0.25, 0.3) is 11.4 Å². The highest BCUT2D eigenvalue weighted by Gasteiger charge is 2.13. The SMILES string of the molecule is CC(C)Oc1ccc(-c2ncc(Cl)c(C(=O)O)n2)cc1. The van der Waals surface area contributed by atoms with Gasteiger partial charge in [0.1, 0.15) is 5.75 Å². The minimum atomic E-state index is -1.18. The lowest BCUT2D eigenvalue weighted by molar-refractivity contribution is 0.0690. The van der Waals surface area contributed by atoms with Gasteiger partial charge in [0, 0.05) is 5.56 Å². The Morgan fingerprint density at radius 1 is 1.30 bits per heavy atom. The van der Waals surface area contributed by atoms with Gasteiger partial charge in [0.15, 0.2) is 11.5 Å². The summed E-state index contributed by atoms with van der Waals surface area (Å²) in [6.45, 7) is 3.88. The highest BCUT2D eigenvalue weighted by atomic mass is 35.5. The maximum Gasteiger partial charge on any atom is 0.356 e. The number of carboxylic acids is 1. The van der Waals surface area contributed by atoms with Crippen LogP contribution in [0.5, 0.6) is 5.75 Å². The van der Waals surface area contributed by atoms with Gasteiger partial charge in [0.2, 0.25) is 0 Å². The fourth-order valence-corrected chi connectivity index (χ4v) is 1.78. The summed E-state index contributed by atoms with van der Waals surface area (Å²) in [6, 6.07) is 7.11. The number of nitrogens with zero attached hydrogens (tertiary/aromatic N) is 2. The second-order valence-corrected chi connectivity index (χ2v) is 4.79. The molecule has 6 heteroatoms. The summed E-state index contributed by atoms with van der Waals surface area (Å²) in [6.07, 6.45) is 1.37. The smallest absolute Gasteiger partial charge is 0.356 e. The molecule has 0 aliphatic rings. The Balaban J connectivity index is 2.32. The molecular formula is C14H13ClN2O3. The van der Waals surface area contributed by atoms with Crippen molar-refractivity contribution in [2.75, 3.05) is 0 Å². The van der Waals surface area contributed by atoms with E-state index in [1.54, 1.807) is 24.3 Å². The van der Waals surface area contributed by atoms with Crippen molar-refractivity contribution < 1.29 is 14.6 Å². The predicted molar refractivity (Wildman–Crippen MR) is 75.2 cm³/mol. The Morgan fingerprint density at radius 3 is 2.50 bits per heavy atom. The molecule has 0 saturated heterocycles. The molecule has 0 amide bonds. The Kier molecular flexibility index (Phi) is 4.20. The molecular weight excluding hydrogens is 280 g/mol. The molecule has 0 unspecified atom stereocenters. The average molecular weight is 293 g/mol. The van der Waals surface area contributed by atoms with Crippen molar-refractivity contribution >= 4 is 17.6 Å². The number of hydrogen-bond acceptors (Lipinski definition) is 4. The summed E-state index contributed by atoms with van der Waals surface area (Å²) in [5.41, 5.74) is 0.486. The largest absolute Gasteiger partial charge is 0.491 e. The number of hydrogen-bond donors (Lipinski definition) is 1. The van der Waals surface area contributed by atoms with Gasteiger partial charge in [-0.3, -0.25) is 0 Å². The van der Waals surface area contributed by atoms with E-state index in [9.17, 15) is 4.79 Å². The second kappa shape index (κ2) is 5.88. The number of rotatable bonds is 4. The van der Waals surface area contributed by atoms with E-state index in [0.717, 1.165) is 5.75 Å².